The van der Waals surface area contributed by atoms with Gasteiger partial charge in [-0.05, 0) is 32.4 Å². The first-order valence-electron chi connectivity index (χ1n) is 6.44. The summed E-state index contributed by atoms with van der Waals surface area (Å²) >= 11 is 1.95. The lowest BCUT2D eigenvalue weighted by molar-refractivity contribution is 0.238. The SMILES string of the molecule is C[C@@H]1C[C@H](C)S[C@H](CN2CCCCC2)S1=O. The van der Waals surface area contributed by atoms with Crippen LogP contribution in [0.2, 0.25) is 0 Å². The summed E-state index contributed by atoms with van der Waals surface area (Å²) < 4.78 is 12.6. The molecule has 2 saturated heterocycles. The number of likely N-dealkylation sites (tertiary alicyclic amines) is 1. The molecule has 2 aliphatic rings. The summed E-state index contributed by atoms with van der Waals surface area (Å²) in [5, 5.41) is 1.08. The Morgan fingerprint density at radius 2 is 1.94 bits per heavy atom. The third-order valence-electron chi connectivity index (χ3n) is 3.56. The summed E-state index contributed by atoms with van der Waals surface area (Å²) in [4.78, 5) is 2.52. The van der Waals surface area contributed by atoms with Gasteiger partial charge in [-0.3, -0.25) is 4.21 Å². The van der Waals surface area contributed by atoms with Crippen LogP contribution in [0.4, 0.5) is 0 Å². The summed E-state index contributed by atoms with van der Waals surface area (Å²) in [6.45, 7) is 7.91. The van der Waals surface area contributed by atoms with Gasteiger partial charge in [-0.2, -0.15) is 0 Å². The molecule has 16 heavy (non-hydrogen) atoms. The second-order valence-electron chi connectivity index (χ2n) is 5.11. The molecule has 0 radical (unpaired) electrons. The highest BCUT2D eigenvalue weighted by Gasteiger charge is 2.32. The number of nitrogens with zero attached hydrogens (tertiary/aromatic N) is 1. The van der Waals surface area contributed by atoms with Gasteiger partial charge in [0.1, 0.15) is 0 Å². The highest BCUT2D eigenvalue weighted by molar-refractivity contribution is 8.12. The molecule has 0 bridgehead atoms. The van der Waals surface area contributed by atoms with E-state index in [0.29, 0.717) is 15.1 Å². The molecule has 0 N–H and O–H groups in total. The van der Waals surface area contributed by atoms with Crippen molar-refractivity contribution in [1.29, 1.82) is 0 Å². The van der Waals surface area contributed by atoms with Gasteiger partial charge in [0.25, 0.3) is 0 Å². The fourth-order valence-electron chi connectivity index (χ4n) is 2.66. The number of hydrogen-bond donors (Lipinski definition) is 0. The van der Waals surface area contributed by atoms with Crippen molar-refractivity contribution in [3.63, 3.8) is 0 Å². The Labute approximate surface area is 106 Å². The molecule has 1 unspecified atom stereocenters. The number of piperidine rings is 1. The van der Waals surface area contributed by atoms with E-state index < -0.39 is 10.8 Å². The molecule has 0 spiro atoms. The molecule has 0 aliphatic carbocycles. The second-order valence-corrected chi connectivity index (χ2v) is 9.09. The molecule has 0 saturated carbocycles. The zero-order valence-corrected chi connectivity index (χ0v) is 12.0. The molecule has 4 atom stereocenters. The van der Waals surface area contributed by atoms with Crippen molar-refractivity contribution >= 4 is 22.6 Å². The molecule has 0 aromatic carbocycles. The molecule has 0 amide bonds. The smallest absolute Gasteiger partial charge is 0.0933 e. The Morgan fingerprint density at radius 3 is 2.62 bits per heavy atom. The molecule has 2 aliphatic heterocycles. The molecule has 0 aromatic rings. The van der Waals surface area contributed by atoms with Crippen LogP contribution in [0.5, 0.6) is 0 Å². The Bertz CT molecular complexity index is 253. The highest BCUT2D eigenvalue weighted by Crippen LogP contribution is 2.33. The van der Waals surface area contributed by atoms with Crippen molar-refractivity contribution in [2.75, 3.05) is 19.6 Å². The van der Waals surface area contributed by atoms with Crippen molar-refractivity contribution in [1.82, 2.24) is 4.90 Å². The lowest BCUT2D eigenvalue weighted by Gasteiger charge is -2.35. The van der Waals surface area contributed by atoms with Crippen LogP contribution in [0.3, 0.4) is 0 Å². The van der Waals surface area contributed by atoms with Crippen molar-refractivity contribution < 1.29 is 4.21 Å². The Morgan fingerprint density at radius 1 is 1.25 bits per heavy atom. The van der Waals surface area contributed by atoms with Gasteiger partial charge in [0.15, 0.2) is 0 Å². The van der Waals surface area contributed by atoms with Crippen molar-refractivity contribution in [2.45, 2.75) is 54.6 Å². The van der Waals surface area contributed by atoms with Crippen LogP contribution in [0, 0.1) is 0 Å². The van der Waals surface area contributed by atoms with Gasteiger partial charge in [-0.1, -0.05) is 20.3 Å². The zero-order chi connectivity index (χ0) is 11.5. The molecular weight excluding hydrogens is 238 g/mol. The predicted octanol–water partition coefficient (Wildman–Crippen LogP) is 2.46. The van der Waals surface area contributed by atoms with Crippen LogP contribution in [0.15, 0.2) is 0 Å². The summed E-state index contributed by atoms with van der Waals surface area (Å²) in [6, 6.07) is 0. The van der Waals surface area contributed by atoms with Crippen LogP contribution in [-0.4, -0.2) is 43.8 Å². The number of hydrogen-bond acceptors (Lipinski definition) is 3. The van der Waals surface area contributed by atoms with E-state index in [1.54, 1.807) is 0 Å². The normalized spacial score (nSPS) is 42.1. The fourth-order valence-corrected chi connectivity index (χ4v) is 6.93. The van der Waals surface area contributed by atoms with E-state index >= 15 is 0 Å². The molecule has 0 aromatic heterocycles. The number of thioether (sulfide) groups is 1. The molecule has 4 heteroatoms. The van der Waals surface area contributed by atoms with Crippen LogP contribution < -0.4 is 0 Å². The Balaban J connectivity index is 1.89. The van der Waals surface area contributed by atoms with Crippen molar-refractivity contribution in [3.8, 4) is 0 Å². The second kappa shape index (κ2) is 5.87. The van der Waals surface area contributed by atoms with Crippen LogP contribution in [-0.2, 0) is 10.8 Å². The van der Waals surface area contributed by atoms with Gasteiger partial charge in [-0.25, -0.2) is 0 Å². The first kappa shape index (κ1) is 12.9. The molecule has 2 nitrogen and oxygen atoms in total. The predicted molar refractivity (Wildman–Crippen MR) is 73.4 cm³/mol. The van der Waals surface area contributed by atoms with Gasteiger partial charge < -0.3 is 4.90 Å². The van der Waals surface area contributed by atoms with E-state index in [0.717, 1.165) is 13.0 Å². The third kappa shape index (κ3) is 3.23. The van der Waals surface area contributed by atoms with E-state index in [1.807, 2.05) is 11.8 Å². The average Bonchev–Trinajstić information content (AvgIpc) is 2.27. The van der Waals surface area contributed by atoms with E-state index in [2.05, 4.69) is 18.7 Å². The standard InChI is InChI=1S/C12H23NOS2/c1-10-8-11(2)16(14)12(15-10)9-13-6-4-3-5-7-13/h10-12H,3-9H2,1-2H3/t10-,11+,12-,16?/m0/s1. The van der Waals surface area contributed by atoms with Gasteiger partial charge in [0, 0.05) is 27.8 Å². The van der Waals surface area contributed by atoms with Crippen molar-refractivity contribution in [3.05, 3.63) is 0 Å². The maximum absolute atomic E-state index is 12.2. The van der Waals surface area contributed by atoms with Gasteiger partial charge in [0.05, 0.1) is 4.58 Å². The zero-order valence-electron chi connectivity index (χ0n) is 10.4. The van der Waals surface area contributed by atoms with E-state index in [1.165, 1.54) is 32.4 Å². The summed E-state index contributed by atoms with van der Waals surface area (Å²) in [7, 11) is -0.624. The van der Waals surface area contributed by atoms with Gasteiger partial charge in [0.2, 0.25) is 0 Å². The maximum Gasteiger partial charge on any atom is 0.0933 e. The number of rotatable bonds is 2. The Hall–Kier alpha value is 0.460. The third-order valence-corrected chi connectivity index (χ3v) is 7.22. The minimum absolute atomic E-state index is 0.358. The van der Waals surface area contributed by atoms with Gasteiger partial charge in [-0.15, -0.1) is 11.8 Å². The van der Waals surface area contributed by atoms with E-state index in [4.69, 9.17) is 0 Å². The van der Waals surface area contributed by atoms with Crippen LogP contribution in [0.1, 0.15) is 39.5 Å². The largest absolute Gasteiger partial charge is 0.301 e. The topological polar surface area (TPSA) is 20.3 Å². The molecular formula is C12H23NOS2. The lowest BCUT2D eigenvalue weighted by Crippen LogP contribution is -2.41. The summed E-state index contributed by atoms with van der Waals surface area (Å²) in [6.07, 6.45) is 5.15. The van der Waals surface area contributed by atoms with E-state index in [9.17, 15) is 4.21 Å². The molecule has 2 rings (SSSR count). The summed E-state index contributed by atoms with van der Waals surface area (Å²) in [5.41, 5.74) is 0. The van der Waals surface area contributed by atoms with Crippen molar-refractivity contribution in [2.24, 2.45) is 0 Å². The minimum Gasteiger partial charge on any atom is -0.301 e. The Kier molecular flexibility index (Phi) is 4.74. The first-order chi connectivity index (χ1) is 7.66. The summed E-state index contributed by atoms with van der Waals surface area (Å²) in [5.74, 6) is 0. The average molecular weight is 261 g/mol. The monoisotopic (exact) mass is 261 g/mol. The minimum atomic E-state index is -0.624. The lowest BCUT2D eigenvalue weighted by atomic mass is 10.1. The fraction of sp³-hybridized carbons (Fsp3) is 1.00. The first-order valence-corrected chi connectivity index (χ1v) is 8.66. The molecule has 2 heterocycles. The highest BCUT2D eigenvalue weighted by atomic mass is 32.2. The van der Waals surface area contributed by atoms with Crippen LogP contribution in [0.25, 0.3) is 0 Å². The molecule has 2 fully saturated rings. The van der Waals surface area contributed by atoms with Gasteiger partial charge >= 0.3 is 0 Å². The van der Waals surface area contributed by atoms with E-state index in [-0.39, 0.29) is 0 Å². The molecule has 94 valence electrons. The quantitative estimate of drug-likeness (QED) is 0.761. The maximum atomic E-state index is 12.2. The van der Waals surface area contributed by atoms with Crippen LogP contribution >= 0.6 is 11.8 Å².